The largest absolute Gasteiger partial charge is 0.409 e. The molecule has 0 aromatic carbocycles. The third-order valence-electron chi connectivity index (χ3n) is 2.97. The number of nitrogens with two attached hydrogens (primary N) is 1. The van der Waals surface area contributed by atoms with Crippen molar-refractivity contribution >= 4 is 23.3 Å². The highest BCUT2D eigenvalue weighted by Crippen LogP contribution is 2.23. The first-order chi connectivity index (χ1) is 8.65. The van der Waals surface area contributed by atoms with Gasteiger partial charge in [-0.3, -0.25) is 9.78 Å². The molecule has 1 aromatic heterocycles. The molecular formula is C11H13ClN4O2. The molecule has 0 radical (unpaired) electrons. The first-order valence-corrected chi connectivity index (χ1v) is 5.91. The van der Waals surface area contributed by atoms with E-state index in [-0.39, 0.29) is 17.8 Å². The van der Waals surface area contributed by atoms with Gasteiger partial charge in [0.2, 0.25) is 0 Å². The van der Waals surface area contributed by atoms with Crippen LogP contribution >= 0.6 is 11.6 Å². The molecule has 18 heavy (non-hydrogen) atoms. The molecule has 0 saturated carbocycles. The van der Waals surface area contributed by atoms with Crippen LogP contribution in [-0.4, -0.2) is 39.4 Å². The minimum atomic E-state index is -0.369. The fourth-order valence-corrected chi connectivity index (χ4v) is 2.29. The molecule has 2 rings (SSSR count). The number of nitrogens with zero attached hydrogens (tertiary/aromatic N) is 3. The minimum Gasteiger partial charge on any atom is -0.409 e. The number of carbonyl (C=O) groups excluding carboxylic acids is 1. The Balaban J connectivity index is 2.26. The number of amidine groups is 1. The summed E-state index contributed by atoms with van der Waals surface area (Å²) >= 11 is 5.94. The minimum absolute atomic E-state index is 0.0472. The van der Waals surface area contributed by atoms with Crippen molar-refractivity contribution in [3.05, 3.63) is 29.0 Å². The molecule has 1 amide bonds. The Hall–Kier alpha value is -1.82. The van der Waals surface area contributed by atoms with Crippen molar-refractivity contribution in [2.75, 3.05) is 6.54 Å². The lowest BCUT2D eigenvalue weighted by Gasteiger charge is -2.23. The van der Waals surface area contributed by atoms with Crippen LogP contribution in [-0.2, 0) is 0 Å². The molecule has 0 bridgehead atoms. The van der Waals surface area contributed by atoms with Crippen LogP contribution in [0.3, 0.4) is 0 Å². The van der Waals surface area contributed by atoms with Crippen LogP contribution in [0.25, 0.3) is 0 Å². The Morgan fingerprint density at radius 1 is 1.67 bits per heavy atom. The summed E-state index contributed by atoms with van der Waals surface area (Å²) in [5.74, 6) is -0.178. The summed E-state index contributed by atoms with van der Waals surface area (Å²) in [7, 11) is 0. The van der Waals surface area contributed by atoms with Gasteiger partial charge in [0.1, 0.15) is 0 Å². The quantitative estimate of drug-likeness (QED) is 0.363. The van der Waals surface area contributed by atoms with Crippen LogP contribution < -0.4 is 5.73 Å². The zero-order chi connectivity index (χ0) is 13.1. The second-order valence-corrected chi connectivity index (χ2v) is 4.44. The van der Waals surface area contributed by atoms with E-state index in [2.05, 4.69) is 10.1 Å². The van der Waals surface area contributed by atoms with E-state index in [4.69, 9.17) is 22.5 Å². The summed E-state index contributed by atoms with van der Waals surface area (Å²) in [4.78, 5) is 17.7. The van der Waals surface area contributed by atoms with Crippen molar-refractivity contribution in [3.63, 3.8) is 0 Å². The highest BCUT2D eigenvalue weighted by atomic mass is 35.5. The van der Waals surface area contributed by atoms with Crippen molar-refractivity contribution in [2.24, 2.45) is 10.9 Å². The predicted molar refractivity (Wildman–Crippen MR) is 66.7 cm³/mol. The van der Waals surface area contributed by atoms with Crippen molar-refractivity contribution in [1.82, 2.24) is 9.88 Å². The number of pyridine rings is 1. The van der Waals surface area contributed by atoms with E-state index in [1.54, 1.807) is 11.0 Å². The maximum Gasteiger partial charge on any atom is 0.256 e. The topological polar surface area (TPSA) is 91.8 Å². The van der Waals surface area contributed by atoms with Crippen LogP contribution in [0.5, 0.6) is 0 Å². The average molecular weight is 269 g/mol. The summed E-state index contributed by atoms with van der Waals surface area (Å²) in [6.07, 6.45) is 4.43. The lowest BCUT2D eigenvalue weighted by molar-refractivity contribution is 0.0768. The Bertz CT molecular complexity index is 492. The van der Waals surface area contributed by atoms with E-state index in [9.17, 15) is 4.79 Å². The van der Waals surface area contributed by atoms with Crippen molar-refractivity contribution < 1.29 is 10.0 Å². The molecule has 0 spiro atoms. The Labute approximate surface area is 109 Å². The Morgan fingerprint density at radius 2 is 2.44 bits per heavy atom. The summed E-state index contributed by atoms with van der Waals surface area (Å²) < 4.78 is 0. The van der Waals surface area contributed by atoms with Crippen molar-refractivity contribution in [1.29, 1.82) is 0 Å². The first kappa shape index (κ1) is 12.6. The summed E-state index contributed by atoms with van der Waals surface area (Å²) in [5, 5.41) is 12.0. The average Bonchev–Trinajstić information content (AvgIpc) is 2.86. The fraction of sp³-hybridized carbons (Fsp3) is 0.364. The van der Waals surface area contributed by atoms with Crippen LogP contribution in [0.4, 0.5) is 0 Å². The molecule has 3 N–H and O–H groups in total. The summed E-state index contributed by atoms with van der Waals surface area (Å²) in [5.41, 5.74) is 5.96. The molecule has 1 aromatic rings. The van der Waals surface area contributed by atoms with E-state index < -0.39 is 0 Å². The fourth-order valence-electron chi connectivity index (χ4n) is 2.09. The number of oxime groups is 1. The summed E-state index contributed by atoms with van der Waals surface area (Å²) in [6, 6.07) is 1.19. The van der Waals surface area contributed by atoms with Gasteiger partial charge in [-0.15, -0.1) is 0 Å². The molecule has 7 heteroatoms. The Morgan fingerprint density at radius 3 is 3.11 bits per heavy atom. The zero-order valence-electron chi connectivity index (χ0n) is 9.58. The molecule has 1 atom stereocenters. The number of hydrogen-bond donors (Lipinski definition) is 2. The highest BCUT2D eigenvalue weighted by Gasteiger charge is 2.33. The number of hydrogen-bond acceptors (Lipinski definition) is 4. The maximum atomic E-state index is 12.3. The van der Waals surface area contributed by atoms with E-state index in [0.29, 0.717) is 23.6 Å². The molecule has 0 aliphatic carbocycles. The smallest absolute Gasteiger partial charge is 0.256 e. The lowest BCUT2D eigenvalue weighted by atomic mass is 10.2. The number of carbonyl (C=O) groups is 1. The molecule has 96 valence electrons. The van der Waals surface area contributed by atoms with Gasteiger partial charge in [-0.05, 0) is 18.9 Å². The van der Waals surface area contributed by atoms with Gasteiger partial charge in [-0.25, -0.2) is 0 Å². The van der Waals surface area contributed by atoms with Crippen LogP contribution in [0, 0.1) is 0 Å². The third-order valence-corrected chi connectivity index (χ3v) is 3.27. The molecule has 2 heterocycles. The second kappa shape index (κ2) is 5.22. The number of likely N-dealkylation sites (tertiary alicyclic amines) is 1. The number of aromatic nitrogens is 1. The molecule has 1 aliphatic rings. The van der Waals surface area contributed by atoms with E-state index in [0.717, 1.165) is 6.42 Å². The van der Waals surface area contributed by atoms with Gasteiger partial charge in [0, 0.05) is 18.9 Å². The number of halogens is 1. The van der Waals surface area contributed by atoms with Gasteiger partial charge < -0.3 is 15.8 Å². The van der Waals surface area contributed by atoms with Gasteiger partial charge in [0.25, 0.3) is 5.91 Å². The molecular weight excluding hydrogens is 256 g/mol. The van der Waals surface area contributed by atoms with E-state index in [1.807, 2.05) is 0 Å². The van der Waals surface area contributed by atoms with Crippen LogP contribution in [0.1, 0.15) is 23.2 Å². The molecule has 1 aliphatic heterocycles. The number of amides is 1. The monoisotopic (exact) mass is 268 g/mol. The zero-order valence-corrected chi connectivity index (χ0v) is 10.3. The van der Waals surface area contributed by atoms with E-state index in [1.165, 1.54) is 12.4 Å². The second-order valence-electron chi connectivity index (χ2n) is 4.04. The SMILES string of the molecule is NC(=NO)C1CCCN1C(=O)c1ccncc1Cl. The lowest BCUT2D eigenvalue weighted by Crippen LogP contribution is -2.44. The predicted octanol–water partition coefficient (Wildman–Crippen LogP) is 1.09. The number of rotatable bonds is 2. The molecule has 6 nitrogen and oxygen atoms in total. The molecule has 1 saturated heterocycles. The first-order valence-electron chi connectivity index (χ1n) is 5.53. The van der Waals surface area contributed by atoms with Crippen LogP contribution in [0.2, 0.25) is 5.02 Å². The normalized spacial score (nSPS) is 20.2. The third kappa shape index (κ3) is 2.24. The van der Waals surface area contributed by atoms with Crippen LogP contribution in [0.15, 0.2) is 23.6 Å². The molecule has 1 fully saturated rings. The van der Waals surface area contributed by atoms with Gasteiger partial charge in [-0.1, -0.05) is 16.8 Å². The van der Waals surface area contributed by atoms with Crippen molar-refractivity contribution in [2.45, 2.75) is 18.9 Å². The van der Waals surface area contributed by atoms with Crippen molar-refractivity contribution in [3.8, 4) is 0 Å². The van der Waals surface area contributed by atoms with Gasteiger partial charge in [0.15, 0.2) is 5.84 Å². The Kier molecular flexibility index (Phi) is 3.66. The van der Waals surface area contributed by atoms with Gasteiger partial charge in [-0.2, -0.15) is 0 Å². The standard InChI is InChI=1S/C11H13ClN4O2/c12-8-6-14-4-3-7(8)11(17)16-5-1-2-9(16)10(13)15-18/h3-4,6,9,18H,1-2,5H2,(H2,13,15). The highest BCUT2D eigenvalue weighted by molar-refractivity contribution is 6.33. The molecule has 1 unspecified atom stereocenters. The van der Waals surface area contributed by atoms with Gasteiger partial charge >= 0.3 is 0 Å². The maximum absolute atomic E-state index is 12.3. The van der Waals surface area contributed by atoms with E-state index >= 15 is 0 Å². The van der Waals surface area contributed by atoms with Gasteiger partial charge in [0.05, 0.1) is 16.6 Å². The summed E-state index contributed by atoms with van der Waals surface area (Å²) in [6.45, 7) is 0.568.